The van der Waals surface area contributed by atoms with Crippen LogP contribution >= 0.6 is 22.9 Å². The summed E-state index contributed by atoms with van der Waals surface area (Å²) in [6.45, 7) is 0.975. The first-order valence-corrected chi connectivity index (χ1v) is 2.71. The van der Waals surface area contributed by atoms with Crippen LogP contribution in [0.3, 0.4) is 0 Å². The maximum atomic E-state index is 3.03. The number of nitrogens with zero attached hydrogens (tertiary/aromatic N) is 1. The second-order valence-corrected chi connectivity index (χ2v) is 2.10. The van der Waals surface area contributed by atoms with Crippen LogP contribution in [0.1, 0.15) is 0 Å². The summed E-state index contributed by atoms with van der Waals surface area (Å²) in [6, 6.07) is 0. The molecule has 0 fully saturated rings. The molecule has 0 radical (unpaired) electrons. The van der Waals surface area contributed by atoms with Gasteiger partial charge in [0.1, 0.15) is 0 Å². The normalized spacial score (nSPS) is 19.8. The smallest absolute Gasteiger partial charge is 0.0761 e. The van der Waals surface area contributed by atoms with Crippen molar-refractivity contribution in [1.29, 1.82) is 0 Å². The molecule has 0 saturated heterocycles. The highest BCUT2D eigenvalue weighted by Crippen LogP contribution is 1.97. The van der Waals surface area contributed by atoms with E-state index in [1.807, 2.05) is 9.42 Å². The van der Waals surface area contributed by atoms with Crippen LogP contribution in [0.15, 0.2) is 12.3 Å². The molecular weight excluding hydrogens is 191 g/mol. The summed E-state index contributed by atoms with van der Waals surface area (Å²) in [5.41, 5.74) is 3.03. The quantitative estimate of drug-likeness (QED) is 0.452. The van der Waals surface area contributed by atoms with Crippen LogP contribution in [-0.2, 0) is 0 Å². The molecular formula is C3H5IN2. The van der Waals surface area contributed by atoms with E-state index in [0.29, 0.717) is 0 Å². The summed E-state index contributed by atoms with van der Waals surface area (Å²) in [6.07, 6.45) is 4.05. The number of nitrogens with one attached hydrogen (secondary N) is 1. The van der Waals surface area contributed by atoms with Crippen LogP contribution in [0.25, 0.3) is 0 Å². The largest absolute Gasteiger partial charge is 0.256 e. The zero-order chi connectivity index (χ0) is 4.41. The minimum absolute atomic E-state index is 0.975. The number of halogens is 1. The van der Waals surface area contributed by atoms with Gasteiger partial charge < -0.3 is 0 Å². The van der Waals surface area contributed by atoms with Gasteiger partial charge in [-0.3, -0.25) is 3.22 Å². The van der Waals surface area contributed by atoms with Gasteiger partial charge in [0, 0.05) is 12.7 Å². The van der Waals surface area contributed by atoms with E-state index in [9.17, 15) is 0 Å². The predicted octanol–water partition coefficient (Wildman–Crippen LogP) is 0.670. The summed E-state index contributed by atoms with van der Waals surface area (Å²) < 4.78 is 1.90. The molecule has 1 rings (SSSR count). The van der Waals surface area contributed by atoms with Crippen LogP contribution in [0.4, 0.5) is 0 Å². The van der Waals surface area contributed by atoms with Gasteiger partial charge in [-0.1, -0.05) is 6.08 Å². The van der Waals surface area contributed by atoms with Crippen LogP contribution in [0.5, 0.6) is 0 Å². The lowest BCUT2D eigenvalue weighted by atomic mass is 10.7. The van der Waals surface area contributed by atoms with E-state index < -0.39 is 0 Å². The zero-order valence-corrected chi connectivity index (χ0v) is 5.34. The van der Waals surface area contributed by atoms with Gasteiger partial charge in [0.05, 0.1) is 22.9 Å². The van der Waals surface area contributed by atoms with Crippen molar-refractivity contribution in [2.45, 2.75) is 0 Å². The lowest BCUT2D eigenvalue weighted by Crippen LogP contribution is -2.17. The van der Waals surface area contributed by atoms with Crippen LogP contribution < -0.4 is 5.43 Å². The standard InChI is InChI=1S/C3H5IN2/c4-6-3-1-2-5-6/h1,3,5H,2H2. The number of hydrogen-bond donors (Lipinski definition) is 1. The number of hydrazine groups is 1. The van der Waals surface area contributed by atoms with E-state index >= 15 is 0 Å². The first-order valence-electron chi connectivity index (χ1n) is 1.75. The van der Waals surface area contributed by atoms with E-state index in [1.54, 1.807) is 0 Å². The minimum atomic E-state index is 0.975. The number of rotatable bonds is 0. The second kappa shape index (κ2) is 1.79. The highest BCUT2D eigenvalue weighted by Gasteiger charge is 1.92. The van der Waals surface area contributed by atoms with Gasteiger partial charge in [-0.2, -0.15) is 0 Å². The third-order valence-corrected chi connectivity index (χ3v) is 1.26. The topological polar surface area (TPSA) is 15.3 Å². The van der Waals surface area contributed by atoms with Crippen LogP contribution in [-0.4, -0.2) is 9.77 Å². The summed E-state index contributed by atoms with van der Waals surface area (Å²) in [5.74, 6) is 0. The van der Waals surface area contributed by atoms with Gasteiger partial charge in [0.15, 0.2) is 0 Å². The van der Waals surface area contributed by atoms with Crippen molar-refractivity contribution in [3.05, 3.63) is 12.3 Å². The zero-order valence-electron chi connectivity index (χ0n) is 3.19. The van der Waals surface area contributed by atoms with Crippen molar-refractivity contribution < 1.29 is 0 Å². The van der Waals surface area contributed by atoms with E-state index in [0.717, 1.165) is 6.54 Å². The monoisotopic (exact) mass is 196 g/mol. The molecule has 0 aliphatic carbocycles. The Morgan fingerprint density at radius 2 is 2.67 bits per heavy atom. The Morgan fingerprint density at radius 1 is 1.83 bits per heavy atom. The van der Waals surface area contributed by atoms with E-state index in [-0.39, 0.29) is 0 Å². The molecule has 0 atom stereocenters. The first-order chi connectivity index (χ1) is 2.89. The van der Waals surface area contributed by atoms with Gasteiger partial charge in [0.2, 0.25) is 0 Å². The SMILES string of the molecule is IN1C=CCN1. The highest BCUT2D eigenvalue weighted by molar-refractivity contribution is 14.1. The molecule has 6 heavy (non-hydrogen) atoms. The average molecular weight is 196 g/mol. The highest BCUT2D eigenvalue weighted by atomic mass is 127. The molecule has 0 aromatic heterocycles. The maximum absolute atomic E-state index is 3.03. The fourth-order valence-corrected chi connectivity index (χ4v) is 0.762. The molecule has 0 bridgehead atoms. The molecule has 0 unspecified atom stereocenters. The molecule has 1 N–H and O–H groups in total. The summed E-state index contributed by atoms with van der Waals surface area (Å²) >= 11 is 2.17. The summed E-state index contributed by atoms with van der Waals surface area (Å²) in [5, 5.41) is 0. The summed E-state index contributed by atoms with van der Waals surface area (Å²) in [7, 11) is 0. The van der Waals surface area contributed by atoms with Crippen molar-refractivity contribution in [3.63, 3.8) is 0 Å². The molecule has 1 heterocycles. The second-order valence-electron chi connectivity index (χ2n) is 1.06. The fraction of sp³-hybridized carbons (Fsp3) is 0.333. The Kier molecular flexibility index (Phi) is 1.31. The molecule has 1 aliphatic heterocycles. The number of hydrogen-bond acceptors (Lipinski definition) is 2. The Labute approximate surface area is 50.7 Å². The molecule has 0 aromatic rings. The third-order valence-electron chi connectivity index (χ3n) is 0.596. The first kappa shape index (κ1) is 4.39. The van der Waals surface area contributed by atoms with Crippen molar-refractivity contribution in [2.75, 3.05) is 6.54 Å². The van der Waals surface area contributed by atoms with Crippen LogP contribution in [0, 0.1) is 0 Å². The van der Waals surface area contributed by atoms with Gasteiger partial charge in [-0.25, -0.2) is 5.43 Å². The van der Waals surface area contributed by atoms with Crippen LogP contribution in [0.2, 0.25) is 0 Å². The van der Waals surface area contributed by atoms with Crippen molar-refractivity contribution >= 4 is 22.9 Å². The molecule has 3 heteroatoms. The molecule has 0 aromatic carbocycles. The summed E-state index contributed by atoms with van der Waals surface area (Å²) in [4.78, 5) is 0. The van der Waals surface area contributed by atoms with E-state index in [2.05, 4.69) is 34.4 Å². The minimum Gasteiger partial charge on any atom is -0.256 e. The Bertz CT molecular complexity index is 71.2. The molecule has 34 valence electrons. The van der Waals surface area contributed by atoms with Crippen molar-refractivity contribution in [3.8, 4) is 0 Å². The van der Waals surface area contributed by atoms with Gasteiger partial charge >= 0.3 is 0 Å². The molecule has 1 aliphatic rings. The van der Waals surface area contributed by atoms with Gasteiger partial charge in [0.25, 0.3) is 0 Å². The Hall–Kier alpha value is 0.230. The van der Waals surface area contributed by atoms with E-state index in [1.165, 1.54) is 0 Å². The average Bonchev–Trinajstić information content (AvgIpc) is 1.86. The molecule has 2 nitrogen and oxygen atoms in total. The lowest BCUT2D eigenvalue weighted by molar-refractivity contribution is 0.556. The van der Waals surface area contributed by atoms with Crippen molar-refractivity contribution in [1.82, 2.24) is 8.65 Å². The van der Waals surface area contributed by atoms with Gasteiger partial charge in [-0.05, 0) is 0 Å². The molecule has 0 saturated carbocycles. The van der Waals surface area contributed by atoms with E-state index in [4.69, 9.17) is 0 Å². The predicted molar refractivity (Wildman–Crippen MR) is 33.0 cm³/mol. The lowest BCUT2D eigenvalue weighted by Gasteiger charge is -2.00. The third kappa shape index (κ3) is 0.844. The Morgan fingerprint density at radius 3 is 2.83 bits per heavy atom. The van der Waals surface area contributed by atoms with Gasteiger partial charge in [-0.15, -0.1) is 0 Å². The molecule has 0 amide bonds. The maximum Gasteiger partial charge on any atom is 0.0761 e. The Balaban J connectivity index is 2.38. The fourth-order valence-electron chi connectivity index (χ4n) is 0.338. The van der Waals surface area contributed by atoms with Crippen molar-refractivity contribution in [2.24, 2.45) is 0 Å². The molecule has 0 spiro atoms.